The summed E-state index contributed by atoms with van der Waals surface area (Å²) in [6.45, 7) is 3.39. The second-order valence-corrected chi connectivity index (χ2v) is 9.88. The molecule has 3 atom stereocenters. The number of hydrogen-bond donors (Lipinski definition) is 3. The number of nitrogens with zero attached hydrogens (tertiary/aromatic N) is 7. The summed E-state index contributed by atoms with van der Waals surface area (Å²) < 4.78 is 8.12. The predicted molar refractivity (Wildman–Crippen MR) is 131 cm³/mol. The number of fused-ring (bicyclic) bond motifs is 1. The number of carbonyl (C=O) groups excluding carboxylic acids is 2. The van der Waals surface area contributed by atoms with Crippen molar-refractivity contribution in [2.24, 2.45) is 17.1 Å². The molecular weight excluding hydrogens is 478 g/mol. The first-order valence-electron chi connectivity index (χ1n) is 12.1. The van der Waals surface area contributed by atoms with Gasteiger partial charge in [-0.1, -0.05) is 6.92 Å². The Kier molecular flexibility index (Phi) is 6.30. The second kappa shape index (κ2) is 9.45. The minimum atomic E-state index is -0.876. The van der Waals surface area contributed by atoms with Crippen molar-refractivity contribution < 1.29 is 19.4 Å². The molecule has 0 aromatic carbocycles. The van der Waals surface area contributed by atoms with Crippen LogP contribution in [0.5, 0.6) is 0 Å². The van der Waals surface area contributed by atoms with Gasteiger partial charge in [0.1, 0.15) is 5.41 Å². The Morgan fingerprint density at radius 2 is 2.11 bits per heavy atom. The van der Waals surface area contributed by atoms with Crippen molar-refractivity contribution in [2.45, 2.75) is 38.5 Å². The molecule has 0 bridgehead atoms. The lowest BCUT2D eigenvalue weighted by molar-refractivity contribution is -0.134. The Morgan fingerprint density at radius 1 is 1.32 bits per heavy atom. The molecule has 2 amide bonds. The highest BCUT2D eigenvalue weighted by molar-refractivity contribution is 6.01. The van der Waals surface area contributed by atoms with Gasteiger partial charge in [-0.3, -0.25) is 14.3 Å². The van der Waals surface area contributed by atoms with E-state index >= 15 is 0 Å². The Morgan fingerprint density at radius 3 is 2.78 bits per heavy atom. The van der Waals surface area contributed by atoms with Crippen LogP contribution in [-0.2, 0) is 16.1 Å². The number of rotatable bonds is 9. The first-order chi connectivity index (χ1) is 17.7. The zero-order valence-corrected chi connectivity index (χ0v) is 20.7. The Hall–Kier alpha value is -4.02. The van der Waals surface area contributed by atoms with Gasteiger partial charge in [0.05, 0.1) is 60.9 Å². The fraction of sp³-hybridized carbons (Fsp3) is 0.500. The van der Waals surface area contributed by atoms with E-state index in [9.17, 15) is 20.0 Å². The summed E-state index contributed by atoms with van der Waals surface area (Å²) in [7, 11) is 1.52. The quantitative estimate of drug-likeness (QED) is 0.366. The molecule has 1 aliphatic heterocycles. The molecule has 37 heavy (non-hydrogen) atoms. The second-order valence-electron chi connectivity index (χ2n) is 9.88. The maximum atomic E-state index is 12.9. The standard InChI is InChI=1S/C24H29N9O4/c1-14-7-31(23(36)24(13-25)3-4-24)10-18(14)29-20-17(21(26)35)6-28-33-11-19(30-22(20)33)15-5-27-32(8-15)9-16(34)12-37-2/h5-6,8,11,14,16,18,29,34H,3-4,7,9-10,12H2,1-2H3,(H2,26,35)/t14-,16?,18+/m0/s1. The fourth-order valence-electron chi connectivity index (χ4n) is 4.77. The monoisotopic (exact) mass is 507 g/mol. The Bertz CT molecular complexity index is 1390. The maximum absolute atomic E-state index is 12.9. The third kappa shape index (κ3) is 4.61. The number of nitriles is 1. The van der Waals surface area contributed by atoms with Crippen LogP contribution in [0, 0.1) is 22.7 Å². The lowest BCUT2D eigenvalue weighted by Crippen LogP contribution is -2.36. The van der Waals surface area contributed by atoms with Crippen molar-refractivity contribution >= 4 is 23.1 Å². The van der Waals surface area contributed by atoms with E-state index in [0.717, 1.165) is 0 Å². The molecule has 1 unspecified atom stereocenters. The van der Waals surface area contributed by atoms with Crippen LogP contribution >= 0.6 is 0 Å². The minimum absolute atomic E-state index is 0.0681. The summed E-state index contributed by atoms with van der Waals surface area (Å²) in [5.41, 5.74) is 7.10. The van der Waals surface area contributed by atoms with Gasteiger partial charge < -0.3 is 25.8 Å². The summed E-state index contributed by atoms with van der Waals surface area (Å²) >= 11 is 0. The van der Waals surface area contributed by atoms with Crippen LogP contribution in [0.3, 0.4) is 0 Å². The largest absolute Gasteiger partial charge is 0.389 e. The molecule has 4 heterocycles. The third-order valence-electron chi connectivity index (χ3n) is 7.05. The topological polar surface area (TPSA) is 177 Å². The number of aromatic nitrogens is 5. The van der Waals surface area contributed by atoms with E-state index in [2.05, 4.69) is 21.6 Å². The molecule has 0 spiro atoms. The molecule has 2 aliphatic rings. The molecule has 1 saturated carbocycles. The van der Waals surface area contributed by atoms with Crippen molar-refractivity contribution in [3.05, 3.63) is 30.4 Å². The maximum Gasteiger partial charge on any atom is 0.252 e. The van der Waals surface area contributed by atoms with Gasteiger partial charge in [0, 0.05) is 38.0 Å². The SMILES string of the molecule is COCC(O)Cn1cc(-c2cn3ncc(C(N)=O)c(N[C@@H]4CN(C(=O)C5(C#N)CC5)C[C@@H]4C)c3n2)cn1. The van der Waals surface area contributed by atoms with Crippen LogP contribution in [0.1, 0.15) is 30.1 Å². The number of nitrogens with two attached hydrogens (primary N) is 1. The average Bonchev–Trinajstić information content (AvgIpc) is 3.15. The average molecular weight is 508 g/mol. The van der Waals surface area contributed by atoms with E-state index in [1.54, 1.807) is 32.7 Å². The highest BCUT2D eigenvalue weighted by Crippen LogP contribution is 2.47. The zero-order valence-electron chi connectivity index (χ0n) is 20.7. The number of aliphatic hydroxyl groups is 1. The van der Waals surface area contributed by atoms with Gasteiger partial charge >= 0.3 is 0 Å². The number of aliphatic hydroxyl groups excluding tert-OH is 1. The number of hydrogen-bond acceptors (Lipinski definition) is 9. The fourth-order valence-corrected chi connectivity index (χ4v) is 4.77. The van der Waals surface area contributed by atoms with Gasteiger partial charge in [-0.25, -0.2) is 9.50 Å². The van der Waals surface area contributed by atoms with Crippen molar-refractivity contribution in [2.75, 3.05) is 32.1 Å². The van der Waals surface area contributed by atoms with Crippen LogP contribution in [0.4, 0.5) is 5.69 Å². The molecule has 0 radical (unpaired) electrons. The van der Waals surface area contributed by atoms with Crippen molar-refractivity contribution in [1.82, 2.24) is 29.3 Å². The van der Waals surface area contributed by atoms with E-state index in [-0.39, 0.29) is 36.6 Å². The van der Waals surface area contributed by atoms with E-state index < -0.39 is 17.4 Å². The van der Waals surface area contributed by atoms with Crippen LogP contribution in [0.25, 0.3) is 16.9 Å². The number of likely N-dealkylation sites (tertiary alicyclic amines) is 1. The number of nitrogens with one attached hydrogen (secondary N) is 1. The van der Waals surface area contributed by atoms with E-state index in [0.29, 0.717) is 48.5 Å². The smallest absolute Gasteiger partial charge is 0.252 e. The molecule has 2 fully saturated rings. The van der Waals surface area contributed by atoms with Crippen LogP contribution in [0.15, 0.2) is 24.8 Å². The number of anilines is 1. The predicted octanol–water partition coefficient (Wildman–Crippen LogP) is 0.262. The van der Waals surface area contributed by atoms with Gasteiger partial charge in [0.15, 0.2) is 5.65 Å². The van der Waals surface area contributed by atoms with Crippen LogP contribution in [0.2, 0.25) is 0 Å². The summed E-state index contributed by atoms with van der Waals surface area (Å²) in [5, 5.41) is 31.4. The summed E-state index contributed by atoms with van der Waals surface area (Å²) in [5.74, 6) is -0.711. The summed E-state index contributed by atoms with van der Waals surface area (Å²) in [6.07, 6.45) is 7.00. The number of imidazole rings is 1. The number of amides is 2. The minimum Gasteiger partial charge on any atom is -0.389 e. The van der Waals surface area contributed by atoms with E-state index in [1.807, 2.05) is 6.92 Å². The zero-order chi connectivity index (χ0) is 26.3. The van der Waals surface area contributed by atoms with E-state index in [4.69, 9.17) is 15.5 Å². The Labute approximate surface area is 212 Å². The van der Waals surface area contributed by atoms with Gasteiger partial charge in [-0.2, -0.15) is 15.5 Å². The number of primary amides is 1. The number of methoxy groups -OCH3 is 1. The molecule has 13 heteroatoms. The van der Waals surface area contributed by atoms with Gasteiger partial charge in [0.2, 0.25) is 5.91 Å². The van der Waals surface area contributed by atoms with Crippen molar-refractivity contribution in [1.29, 1.82) is 5.26 Å². The van der Waals surface area contributed by atoms with Crippen LogP contribution in [-0.4, -0.2) is 85.2 Å². The molecule has 1 saturated heterocycles. The number of carbonyl (C=O) groups is 2. The van der Waals surface area contributed by atoms with E-state index in [1.165, 1.54) is 13.3 Å². The third-order valence-corrected chi connectivity index (χ3v) is 7.05. The highest BCUT2D eigenvalue weighted by atomic mass is 16.5. The van der Waals surface area contributed by atoms with Gasteiger partial charge in [-0.15, -0.1) is 0 Å². The lowest BCUT2D eigenvalue weighted by Gasteiger charge is -2.21. The Balaban J connectivity index is 1.42. The number of ether oxygens (including phenoxy) is 1. The molecule has 3 aromatic heterocycles. The van der Waals surface area contributed by atoms with Crippen molar-refractivity contribution in [3.8, 4) is 17.3 Å². The molecule has 5 rings (SSSR count). The first kappa shape index (κ1) is 24.7. The lowest BCUT2D eigenvalue weighted by atomic mass is 10.1. The van der Waals surface area contributed by atoms with Gasteiger partial charge in [0.25, 0.3) is 5.91 Å². The molecule has 3 aromatic rings. The normalized spacial score (nSPS) is 21.1. The van der Waals surface area contributed by atoms with Crippen LogP contribution < -0.4 is 11.1 Å². The highest BCUT2D eigenvalue weighted by Gasteiger charge is 2.54. The molecule has 4 N–H and O–H groups in total. The van der Waals surface area contributed by atoms with Crippen molar-refractivity contribution in [3.63, 3.8) is 0 Å². The molecule has 13 nitrogen and oxygen atoms in total. The first-order valence-corrected chi connectivity index (χ1v) is 12.1. The molecular formula is C24H29N9O4. The van der Waals surface area contributed by atoms with Gasteiger partial charge in [-0.05, 0) is 18.8 Å². The summed E-state index contributed by atoms with van der Waals surface area (Å²) in [6, 6.07) is 2.00. The summed E-state index contributed by atoms with van der Waals surface area (Å²) in [4.78, 5) is 31.6. The molecule has 1 aliphatic carbocycles. The molecule has 194 valence electrons.